The second kappa shape index (κ2) is 5.84. The Hall–Kier alpha value is -1.20. The van der Waals surface area contributed by atoms with Crippen molar-refractivity contribution in [2.24, 2.45) is 0 Å². The van der Waals surface area contributed by atoms with Crippen molar-refractivity contribution in [3.63, 3.8) is 0 Å². The molecule has 1 aromatic carbocycles. The first-order valence-corrected chi connectivity index (χ1v) is 6.49. The first-order chi connectivity index (χ1) is 9.01. The molecule has 104 valence electrons. The summed E-state index contributed by atoms with van der Waals surface area (Å²) in [6.45, 7) is 2.50. The summed E-state index contributed by atoms with van der Waals surface area (Å²) in [5, 5.41) is 0. The molecule has 2 rings (SSSR count). The molecule has 2 unspecified atom stereocenters. The number of halogens is 3. The molecule has 3 nitrogen and oxygen atoms in total. The normalized spacial score (nSPS) is 23.5. The average molecular weight is 290 g/mol. The average Bonchev–Trinajstić information content (AvgIpc) is 2.37. The van der Waals surface area contributed by atoms with E-state index in [0.29, 0.717) is 13.2 Å². The van der Waals surface area contributed by atoms with E-state index in [1.807, 2.05) is 6.92 Å². The van der Waals surface area contributed by atoms with Gasteiger partial charge >= 0.3 is 0 Å². The summed E-state index contributed by atoms with van der Waals surface area (Å²) in [5.74, 6) is -1.67. The van der Waals surface area contributed by atoms with Crippen LogP contribution < -0.4 is 0 Å². The van der Waals surface area contributed by atoms with Gasteiger partial charge in [-0.05, 0) is 19.1 Å². The first kappa shape index (κ1) is 14.2. The molecule has 1 fully saturated rings. The van der Waals surface area contributed by atoms with E-state index in [1.165, 1.54) is 4.90 Å². The third-order valence-corrected chi connectivity index (χ3v) is 3.39. The lowest BCUT2D eigenvalue weighted by atomic mass is 10.1. The number of carbonyl (C=O) groups is 1. The van der Waals surface area contributed by atoms with Crippen molar-refractivity contribution >= 4 is 17.5 Å². The highest BCUT2D eigenvalue weighted by Gasteiger charge is 2.30. The lowest BCUT2D eigenvalue weighted by Crippen LogP contribution is -2.51. The zero-order valence-corrected chi connectivity index (χ0v) is 11.2. The summed E-state index contributed by atoms with van der Waals surface area (Å²) in [5.41, 5.74) is -0.000396. The summed E-state index contributed by atoms with van der Waals surface area (Å²) < 4.78 is 31.7. The zero-order valence-electron chi connectivity index (χ0n) is 10.4. The number of rotatable bonds is 2. The topological polar surface area (TPSA) is 29.5 Å². The van der Waals surface area contributed by atoms with Crippen molar-refractivity contribution in [3.8, 4) is 0 Å². The Morgan fingerprint density at radius 3 is 2.63 bits per heavy atom. The van der Waals surface area contributed by atoms with Gasteiger partial charge in [0.2, 0.25) is 0 Å². The van der Waals surface area contributed by atoms with Crippen molar-refractivity contribution in [2.75, 3.05) is 19.0 Å². The van der Waals surface area contributed by atoms with Crippen LogP contribution in [0, 0.1) is 11.6 Å². The van der Waals surface area contributed by atoms with E-state index >= 15 is 0 Å². The predicted octanol–water partition coefficient (Wildman–Crippen LogP) is 2.43. The molecule has 1 saturated heterocycles. The quantitative estimate of drug-likeness (QED) is 0.783. The molecule has 1 aliphatic heterocycles. The molecule has 6 heteroatoms. The minimum atomic E-state index is -0.766. The summed E-state index contributed by atoms with van der Waals surface area (Å²) in [6, 6.07) is 2.64. The second-order valence-corrected chi connectivity index (χ2v) is 4.88. The van der Waals surface area contributed by atoms with Crippen molar-refractivity contribution in [3.05, 3.63) is 35.4 Å². The van der Waals surface area contributed by atoms with Crippen LogP contribution in [0.2, 0.25) is 0 Å². The molecule has 2 atom stereocenters. The minimum Gasteiger partial charge on any atom is -0.373 e. The van der Waals surface area contributed by atoms with Crippen LogP contribution >= 0.6 is 11.6 Å². The van der Waals surface area contributed by atoms with Crippen LogP contribution in [-0.4, -0.2) is 42.0 Å². The number of carbonyl (C=O) groups excluding carboxylic acids is 1. The summed E-state index contributed by atoms with van der Waals surface area (Å²) in [4.78, 5) is 13.8. The third-order valence-electron chi connectivity index (χ3n) is 3.05. The lowest BCUT2D eigenvalue weighted by molar-refractivity contribution is -0.0372. The van der Waals surface area contributed by atoms with E-state index in [2.05, 4.69) is 0 Å². The molecule has 0 spiro atoms. The zero-order chi connectivity index (χ0) is 14.0. The Kier molecular flexibility index (Phi) is 4.37. The molecule has 0 bridgehead atoms. The predicted molar refractivity (Wildman–Crippen MR) is 67.3 cm³/mol. The standard InChI is InChI=1S/C13H14ClF2NO2/c1-8-7-19-12(5-14)6-17(8)13(18)9-2-10(15)4-11(16)3-9/h2-4,8,12H,5-7H2,1H3. The fourth-order valence-corrected chi connectivity index (χ4v) is 2.22. The highest BCUT2D eigenvalue weighted by molar-refractivity contribution is 6.18. The van der Waals surface area contributed by atoms with E-state index in [-0.39, 0.29) is 23.6 Å². The highest BCUT2D eigenvalue weighted by Crippen LogP contribution is 2.18. The lowest BCUT2D eigenvalue weighted by Gasteiger charge is -2.37. The van der Waals surface area contributed by atoms with Crippen LogP contribution in [0.3, 0.4) is 0 Å². The molecule has 19 heavy (non-hydrogen) atoms. The Bertz CT molecular complexity index is 463. The molecule has 1 aliphatic rings. The van der Waals surface area contributed by atoms with E-state index in [0.717, 1.165) is 18.2 Å². The molecular formula is C13H14ClF2NO2. The molecule has 0 radical (unpaired) electrons. The van der Waals surface area contributed by atoms with Gasteiger partial charge in [-0.3, -0.25) is 4.79 Å². The van der Waals surface area contributed by atoms with E-state index < -0.39 is 17.5 Å². The van der Waals surface area contributed by atoms with Gasteiger partial charge in [-0.1, -0.05) is 0 Å². The summed E-state index contributed by atoms with van der Waals surface area (Å²) in [6.07, 6.45) is -0.250. The number of alkyl halides is 1. The number of amides is 1. The van der Waals surface area contributed by atoms with Crippen molar-refractivity contribution < 1.29 is 18.3 Å². The molecule has 0 N–H and O–H groups in total. The Balaban J connectivity index is 2.21. The Morgan fingerprint density at radius 2 is 2.05 bits per heavy atom. The fraction of sp³-hybridized carbons (Fsp3) is 0.462. The SMILES string of the molecule is CC1COC(CCl)CN1C(=O)c1cc(F)cc(F)c1. The molecule has 1 heterocycles. The van der Waals surface area contributed by atoms with E-state index in [1.54, 1.807) is 0 Å². The maximum Gasteiger partial charge on any atom is 0.254 e. The van der Waals surface area contributed by atoms with Crippen LogP contribution in [-0.2, 0) is 4.74 Å². The minimum absolute atomic E-state index is 0.000396. The highest BCUT2D eigenvalue weighted by atomic mass is 35.5. The second-order valence-electron chi connectivity index (χ2n) is 4.57. The van der Waals surface area contributed by atoms with Gasteiger partial charge in [-0.2, -0.15) is 0 Å². The third kappa shape index (κ3) is 3.22. The van der Waals surface area contributed by atoms with Gasteiger partial charge in [0.15, 0.2) is 0 Å². The van der Waals surface area contributed by atoms with Gasteiger partial charge in [0.25, 0.3) is 5.91 Å². The van der Waals surface area contributed by atoms with Gasteiger partial charge in [0.05, 0.1) is 24.6 Å². The maximum atomic E-state index is 13.1. The van der Waals surface area contributed by atoms with Crippen molar-refractivity contribution in [2.45, 2.75) is 19.1 Å². The first-order valence-electron chi connectivity index (χ1n) is 5.96. The summed E-state index contributed by atoms with van der Waals surface area (Å²) in [7, 11) is 0. The van der Waals surface area contributed by atoms with Gasteiger partial charge in [0, 0.05) is 18.2 Å². The van der Waals surface area contributed by atoms with Gasteiger partial charge in [-0.25, -0.2) is 8.78 Å². The number of hydrogen-bond acceptors (Lipinski definition) is 2. The molecule has 1 aromatic rings. The number of ether oxygens (including phenoxy) is 1. The van der Waals surface area contributed by atoms with Gasteiger partial charge in [-0.15, -0.1) is 11.6 Å². The fourth-order valence-electron chi connectivity index (χ4n) is 2.04. The smallest absolute Gasteiger partial charge is 0.254 e. The van der Waals surface area contributed by atoms with Crippen LogP contribution in [0.15, 0.2) is 18.2 Å². The molecule has 1 amide bonds. The van der Waals surface area contributed by atoms with E-state index in [4.69, 9.17) is 16.3 Å². The molecule has 0 saturated carbocycles. The Labute approximate surface area is 115 Å². The van der Waals surface area contributed by atoms with Crippen molar-refractivity contribution in [1.29, 1.82) is 0 Å². The van der Waals surface area contributed by atoms with Crippen LogP contribution in [0.25, 0.3) is 0 Å². The van der Waals surface area contributed by atoms with E-state index in [9.17, 15) is 13.6 Å². The largest absolute Gasteiger partial charge is 0.373 e. The Morgan fingerprint density at radius 1 is 1.42 bits per heavy atom. The maximum absolute atomic E-state index is 13.1. The van der Waals surface area contributed by atoms with Gasteiger partial charge < -0.3 is 9.64 Å². The summed E-state index contributed by atoms with van der Waals surface area (Å²) >= 11 is 5.71. The van der Waals surface area contributed by atoms with Crippen molar-refractivity contribution in [1.82, 2.24) is 4.90 Å². The number of benzene rings is 1. The van der Waals surface area contributed by atoms with Crippen LogP contribution in [0.4, 0.5) is 8.78 Å². The monoisotopic (exact) mass is 289 g/mol. The van der Waals surface area contributed by atoms with Crippen LogP contribution in [0.1, 0.15) is 17.3 Å². The number of nitrogens with zero attached hydrogens (tertiary/aromatic N) is 1. The molecule has 0 aromatic heterocycles. The number of morpholine rings is 1. The molecular weight excluding hydrogens is 276 g/mol. The van der Waals surface area contributed by atoms with Gasteiger partial charge in [0.1, 0.15) is 11.6 Å². The number of hydrogen-bond donors (Lipinski definition) is 0. The molecule has 0 aliphatic carbocycles. The van der Waals surface area contributed by atoms with Crippen LogP contribution in [0.5, 0.6) is 0 Å².